The van der Waals surface area contributed by atoms with Gasteiger partial charge in [-0.15, -0.1) is 0 Å². The monoisotopic (exact) mass is 360 g/mol. The lowest BCUT2D eigenvalue weighted by atomic mass is 9.96. The van der Waals surface area contributed by atoms with E-state index in [1.54, 1.807) is 29.2 Å². The highest BCUT2D eigenvalue weighted by atomic mass is 35.5. The van der Waals surface area contributed by atoms with E-state index in [0.29, 0.717) is 30.2 Å². The van der Waals surface area contributed by atoms with Crippen molar-refractivity contribution < 1.29 is 14.0 Å². The number of nitrogens with one attached hydrogen (secondary N) is 1. The van der Waals surface area contributed by atoms with Crippen LogP contribution in [0.25, 0.3) is 0 Å². The topological polar surface area (TPSA) is 62.6 Å². The molecule has 1 aliphatic rings. The van der Waals surface area contributed by atoms with Gasteiger partial charge in [0.1, 0.15) is 11.5 Å². The molecule has 0 bridgehead atoms. The van der Waals surface area contributed by atoms with Gasteiger partial charge in [0, 0.05) is 13.1 Å². The molecule has 25 heavy (non-hydrogen) atoms. The number of piperidine rings is 1. The molecule has 2 aromatic rings. The summed E-state index contributed by atoms with van der Waals surface area (Å²) in [6.07, 6.45) is 1.57. The van der Waals surface area contributed by atoms with E-state index in [-0.39, 0.29) is 17.7 Å². The zero-order chi connectivity index (χ0) is 17.8. The fraction of sp³-hybridized carbons (Fsp3) is 0.368. The lowest BCUT2D eigenvalue weighted by molar-refractivity contribution is -0.126. The molecule has 0 spiro atoms. The summed E-state index contributed by atoms with van der Waals surface area (Å²) in [6.45, 7) is 3.28. The van der Waals surface area contributed by atoms with E-state index >= 15 is 0 Å². The van der Waals surface area contributed by atoms with Crippen molar-refractivity contribution in [1.29, 1.82) is 0 Å². The fourth-order valence-electron chi connectivity index (χ4n) is 3.08. The van der Waals surface area contributed by atoms with Crippen LogP contribution in [0.5, 0.6) is 0 Å². The van der Waals surface area contributed by atoms with Crippen LogP contribution in [0.4, 0.5) is 0 Å². The van der Waals surface area contributed by atoms with Gasteiger partial charge in [0.2, 0.25) is 5.91 Å². The van der Waals surface area contributed by atoms with Crippen molar-refractivity contribution in [2.75, 3.05) is 13.1 Å². The van der Waals surface area contributed by atoms with Gasteiger partial charge in [-0.1, -0.05) is 23.7 Å². The second-order valence-corrected chi connectivity index (χ2v) is 6.71. The van der Waals surface area contributed by atoms with Gasteiger partial charge in [-0.25, -0.2) is 0 Å². The summed E-state index contributed by atoms with van der Waals surface area (Å²) in [5, 5.41) is 3.33. The highest BCUT2D eigenvalue weighted by Gasteiger charge is 2.29. The first-order chi connectivity index (χ1) is 12.0. The van der Waals surface area contributed by atoms with Crippen molar-refractivity contribution in [1.82, 2.24) is 10.2 Å². The number of hydrogen-bond acceptors (Lipinski definition) is 3. The molecule has 3 rings (SSSR count). The largest absolute Gasteiger partial charge is 0.465 e. The highest BCUT2D eigenvalue weighted by Crippen LogP contribution is 2.22. The number of nitrogens with zero attached hydrogens (tertiary/aromatic N) is 1. The van der Waals surface area contributed by atoms with Crippen molar-refractivity contribution >= 4 is 23.4 Å². The lowest BCUT2D eigenvalue weighted by Gasteiger charge is -2.32. The van der Waals surface area contributed by atoms with E-state index in [1.807, 2.05) is 19.1 Å². The third-order valence-electron chi connectivity index (χ3n) is 4.42. The quantitative estimate of drug-likeness (QED) is 0.908. The maximum atomic E-state index is 12.7. The van der Waals surface area contributed by atoms with E-state index < -0.39 is 0 Å². The molecule has 0 saturated carbocycles. The molecule has 132 valence electrons. The molecular weight excluding hydrogens is 340 g/mol. The van der Waals surface area contributed by atoms with Gasteiger partial charge >= 0.3 is 0 Å². The maximum Gasteiger partial charge on any atom is 0.255 e. The number of carbonyl (C=O) groups excluding carboxylic acids is 2. The lowest BCUT2D eigenvalue weighted by Crippen LogP contribution is -2.45. The van der Waals surface area contributed by atoms with Crippen LogP contribution < -0.4 is 5.32 Å². The summed E-state index contributed by atoms with van der Waals surface area (Å²) < 4.78 is 5.46. The van der Waals surface area contributed by atoms with Crippen molar-refractivity contribution in [3.8, 4) is 0 Å². The van der Waals surface area contributed by atoms with E-state index in [1.165, 1.54) is 0 Å². The molecule has 1 aliphatic heterocycles. The molecule has 0 aliphatic carbocycles. The second kappa shape index (κ2) is 7.74. The number of rotatable bonds is 4. The standard InChI is InChI=1S/C19H21ClN2O3/c1-13-8-9-15(25-13)11-21-18(23)14-5-4-10-22(12-14)19(24)16-6-2-3-7-17(16)20/h2-3,6-9,14H,4-5,10-12H2,1H3,(H,21,23)/t14-/m0/s1. The predicted octanol–water partition coefficient (Wildman–Crippen LogP) is 3.41. The van der Waals surface area contributed by atoms with Crippen LogP contribution in [0.2, 0.25) is 5.02 Å². The average Bonchev–Trinajstić information content (AvgIpc) is 3.05. The number of aryl methyl sites for hydroxylation is 1. The van der Waals surface area contributed by atoms with Gasteiger partial charge in [0.05, 0.1) is 23.0 Å². The van der Waals surface area contributed by atoms with Crippen LogP contribution in [0.3, 0.4) is 0 Å². The van der Waals surface area contributed by atoms with Gasteiger partial charge < -0.3 is 14.6 Å². The molecule has 6 heteroatoms. The van der Waals surface area contributed by atoms with Crippen molar-refractivity contribution in [2.45, 2.75) is 26.3 Å². The summed E-state index contributed by atoms with van der Waals surface area (Å²) in [5.41, 5.74) is 0.483. The Kier molecular flexibility index (Phi) is 5.43. The molecule has 1 aromatic carbocycles. The average molecular weight is 361 g/mol. The molecule has 1 fully saturated rings. The van der Waals surface area contributed by atoms with Gasteiger partial charge in [-0.05, 0) is 44.0 Å². The minimum Gasteiger partial charge on any atom is -0.465 e. The smallest absolute Gasteiger partial charge is 0.255 e. The molecular formula is C19H21ClN2O3. The van der Waals surface area contributed by atoms with Crippen LogP contribution in [-0.2, 0) is 11.3 Å². The normalized spacial score (nSPS) is 17.4. The third-order valence-corrected chi connectivity index (χ3v) is 4.75. The SMILES string of the molecule is Cc1ccc(CNC(=O)[C@H]2CCCN(C(=O)c3ccccc3Cl)C2)o1. The Morgan fingerprint density at radius 2 is 2.08 bits per heavy atom. The third kappa shape index (κ3) is 4.23. The first-order valence-electron chi connectivity index (χ1n) is 8.41. The van der Waals surface area contributed by atoms with Gasteiger partial charge in [0.25, 0.3) is 5.91 Å². The van der Waals surface area contributed by atoms with Crippen LogP contribution in [0.15, 0.2) is 40.8 Å². The van der Waals surface area contributed by atoms with Gasteiger partial charge in [-0.2, -0.15) is 0 Å². The number of furan rings is 1. The van der Waals surface area contributed by atoms with E-state index in [0.717, 1.165) is 24.4 Å². The molecule has 0 radical (unpaired) electrons. The Morgan fingerprint density at radius 1 is 1.28 bits per heavy atom. The minimum atomic E-state index is -0.212. The second-order valence-electron chi connectivity index (χ2n) is 6.30. The number of amides is 2. The Morgan fingerprint density at radius 3 is 2.80 bits per heavy atom. The van der Waals surface area contributed by atoms with Crippen molar-refractivity contribution in [2.24, 2.45) is 5.92 Å². The molecule has 2 heterocycles. The first-order valence-corrected chi connectivity index (χ1v) is 8.79. The van der Waals surface area contributed by atoms with Crippen LogP contribution in [-0.4, -0.2) is 29.8 Å². The Hall–Kier alpha value is -2.27. The number of halogens is 1. The Labute approximate surface area is 151 Å². The van der Waals surface area contributed by atoms with Crippen LogP contribution in [0, 0.1) is 12.8 Å². The molecule has 5 nitrogen and oxygen atoms in total. The molecule has 1 aromatic heterocycles. The van der Waals surface area contributed by atoms with Crippen LogP contribution >= 0.6 is 11.6 Å². The van der Waals surface area contributed by atoms with E-state index in [2.05, 4.69) is 5.32 Å². The number of likely N-dealkylation sites (tertiary alicyclic amines) is 1. The molecule has 1 atom stereocenters. The van der Waals surface area contributed by atoms with Gasteiger partial charge in [0.15, 0.2) is 0 Å². The number of benzene rings is 1. The minimum absolute atomic E-state index is 0.0503. The zero-order valence-corrected chi connectivity index (χ0v) is 14.9. The molecule has 1 saturated heterocycles. The summed E-state index contributed by atoms with van der Waals surface area (Å²) in [5.74, 6) is 1.16. The molecule has 2 amide bonds. The van der Waals surface area contributed by atoms with Crippen molar-refractivity contribution in [3.63, 3.8) is 0 Å². The first kappa shape index (κ1) is 17.5. The highest BCUT2D eigenvalue weighted by molar-refractivity contribution is 6.33. The number of hydrogen-bond donors (Lipinski definition) is 1. The van der Waals surface area contributed by atoms with Gasteiger partial charge in [-0.3, -0.25) is 9.59 Å². The Balaban J connectivity index is 1.59. The van der Waals surface area contributed by atoms with Crippen molar-refractivity contribution in [3.05, 3.63) is 58.5 Å². The summed E-state index contributed by atoms with van der Waals surface area (Å²) in [4.78, 5) is 26.8. The van der Waals surface area contributed by atoms with E-state index in [9.17, 15) is 9.59 Å². The molecule has 0 unspecified atom stereocenters. The Bertz CT molecular complexity index is 772. The predicted molar refractivity (Wildman–Crippen MR) is 95.4 cm³/mol. The summed E-state index contributed by atoms with van der Waals surface area (Å²) in [6, 6.07) is 10.7. The maximum absolute atomic E-state index is 12.7. The van der Waals surface area contributed by atoms with Crippen LogP contribution in [0.1, 0.15) is 34.7 Å². The summed E-state index contributed by atoms with van der Waals surface area (Å²) in [7, 11) is 0. The number of carbonyl (C=O) groups is 2. The summed E-state index contributed by atoms with van der Waals surface area (Å²) >= 11 is 6.12. The zero-order valence-electron chi connectivity index (χ0n) is 14.1. The fourth-order valence-corrected chi connectivity index (χ4v) is 3.30. The van der Waals surface area contributed by atoms with E-state index in [4.69, 9.17) is 16.0 Å². The molecule has 1 N–H and O–H groups in total.